The van der Waals surface area contributed by atoms with E-state index in [4.69, 9.17) is 9.72 Å². The number of aryl methyl sites for hydroxylation is 1. The van der Waals surface area contributed by atoms with Crippen molar-refractivity contribution in [3.8, 4) is 11.4 Å². The van der Waals surface area contributed by atoms with E-state index in [0.717, 1.165) is 49.2 Å². The molecule has 15 heteroatoms. The van der Waals surface area contributed by atoms with Crippen LogP contribution in [-0.2, 0) is 6.54 Å². The molecular weight excluding hydrogens is 666 g/mol. The van der Waals surface area contributed by atoms with Crippen LogP contribution < -0.4 is 9.64 Å². The molecule has 0 spiro atoms. The van der Waals surface area contributed by atoms with Crippen molar-refractivity contribution in [2.24, 2.45) is 0 Å². The number of aromatic nitrogens is 6. The molecule has 1 aliphatic heterocycles. The third-order valence-electron chi connectivity index (χ3n) is 9.35. The van der Waals surface area contributed by atoms with Gasteiger partial charge in [0.25, 0.3) is 5.91 Å². The van der Waals surface area contributed by atoms with Gasteiger partial charge >= 0.3 is 6.18 Å². The van der Waals surface area contributed by atoms with Crippen LogP contribution in [0.4, 0.5) is 23.5 Å². The lowest BCUT2D eigenvalue weighted by Crippen LogP contribution is -2.35. The van der Waals surface area contributed by atoms with Gasteiger partial charge in [-0.05, 0) is 90.8 Å². The number of amides is 1. The second-order valence-electron chi connectivity index (χ2n) is 12.8. The van der Waals surface area contributed by atoms with Crippen LogP contribution in [0.1, 0.15) is 47.5 Å². The molecule has 6 rings (SSSR count). The summed E-state index contributed by atoms with van der Waals surface area (Å²) in [4.78, 5) is 24.9. The van der Waals surface area contributed by atoms with Crippen molar-refractivity contribution >= 4 is 22.9 Å². The van der Waals surface area contributed by atoms with Gasteiger partial charge in [-0.2, -0.15) is 13.2 Å². The number of ether oxygens (including phenoxy) is 1. The number of hydrogen-bond donors (Lipinski definition) is 0. The van der Waals surface area contributed by atoms with E-state index in [9.17, 15) is 22.4 Å². The molecule has 11 nitrogen and oxygen atoms in total. The summed E-state index contributed by atoms with van der Waals surface area (Å²) in [6, 6.07) is 19.1. The summed E-state index contributed by atoms with van der Waals surface area (Å²) in [5.41, 5.74) is 3.49. The van der Waals surface area contributed by atoms with Gasteiger partial charge in [-0.25, -0.2) is 14.1 Å². The van der Waals surface area contributed by atoms with Crippen LogP contribution in [0.2, 0.25) is 0 Å². The summed E-state index contributed by atoms with van der Waals surface area (Å²) < 4.78 is 61.8. The Labute approximate surface area is 293 Å². The Morgan fingerprint density at radius 3 is 2.55 bits per heavy atom. The van der Waals surface area contributed by atoms with Crippen LogP contribution in [0.3, 0.4) is 0 Å². The Kier molecular flexibility index (Phi) is 11.1. The van der Waals surface area contributed by atoms with Gasteiger partial charge in [-0.3, -0.25) is 4.79 Å². The molecule has 0 aliphatic carbocycles. The molecule has 5 aromatic rings. The number of anilines is 1. The molecule has 0 bridgehead atoms. The average Bonchev–Trinajstić information content (AvgIpc) is 3.73. The summed E-state index contributed by atoms with van der Waals surface area (Å²) in [5.74, 6) is 0.458. The minimum Gasteiger partial charge on any atom is -0.496 e. The largest absolute Gasteiger partial charge is 0.496 e. The summed E-state index contributed by atoms with van der Waals surface area (Å²) >= 11 is 0. The monoisotopic (exact) mass is 707 g/mol. The Morgan fingerprint density at radius 1 is 1.00 bits per heavy atom. The lowest BCUT2D eigenvalue weighted by atomic mass is 9.94. The minimum atomic E-state index is -4.21. The van der Waals surface area contributed by atoms with Crippen molar-refractivity contribution in [1.82, 2.24) is 39.6 Å². The number of benzene rings is 3. The standard InChI is InChI=1S/C36H41F4N9O2/c1-45(34(50)30-23-29(13-14-33(30)51-2)49-25-41-43-44-49)24-27(26-9-11-28(37)12-10-26)15-20-46-17-6-18-47(22-21-46)35-42-31-7-3-4-8-32(31)48(35)19-5-16-36(38,39)40/h3-4,7-14,23,25,27H,5-6,15-22,24H2,1-2H3. The number of hydrogen-bond acceptors (Lipinski definition) is 8. The molecule has 1 saturated heterocycles. The topological polar surface area (TPSA) is 97.4 Å². The van der Waals surface area contributed by atoms with E-state index in [1.165, 1.54) is 30.3 Å². The molecule has 1 aliphatic rings. The van der Waals surface area contributed by atoms with Gasteiger partial charge in [0.05, 0.1) is 29.4 Å². The van der Waals surface area contributed by atoms with Gasteiger partial charge in [0.1, 0.15) is 17.9 Å². The molecule has 3 aromatic carbocycles. The Hall–Kier alpha value is -5.05. The highest BCUT2D eigenvalue weighted by molar-refractivity contribution is 5.97. The van der Waals surface area contributed by atoms with E-state index in [1.54, 1.807) is 42.3 Å². The maximum absolute atomic E-state index is 14.0. The van der Waals surface area contributed by atoms with Crippen molar-refractivity contribution in [1.29, 1.82) is 0 Å². The number of carbonyl (C=O) groups excluding carboxylic acids is 1. The normalized spacial score (nSPS) is 14.8. The van der Waals surface area contributed by atoms with Crippen molar-refractivity contribution < 1.29 is 27.1 Å². The molecule has 1 amide bonds. The first-order valence-electron chi connectivity index (χ1n) is 17.0. The molecule has 2 aromatic heterocycles. The summed E-state index contributed by atoms with van der Waals surface area (Å²) in [6.45, 7) is 4.30. The number of rotatable bonds is 13. The Balaban J connectivity index is 1.14. The predicted molar refractivity (Wildman–Crippen MR) is 185 cm³/mol. The number of imidazole rings is 1. The van der Waals surface area contributed by atoms with Crippen LogP contribution in [-0.4, -0.2) is 105 Å². The highest BCUT2D eigenvalue weighted by Gasteiger charge is 2.28. The van der Waals surface area contributed by atoms with Crippen molar-refractivity contribution in [3.63, 3.8) is 0 Å². The average molecular weight is 708 g/mol. The molecule has 0 N–H and O–H groups in total. The van der Waals surface area contributed by atoms with E-state index in [0.29, 0.717) is 42.5 Å². The van der Waals surface area contributed by atoms with Gasteiger partial charge in [-0.15, -0.1) is 5.10 Å². The van der Waals surface area contributed by atoms with Gasteiger partial charge in [0.15, 0.2) is 0 Å². The molecule has 0 radical (unpaired) electrons. The number of tetrazole rings is 1. The van der Waals surface area contributed by atoms with Crippen molar-refractivity contribution in [3.05, 3.63) is 90.0 Å². The maximum atomic E-state index is 14.0. The molecule has 1 fully saturated rings. The van der Waals surface area contributed by atoms with Crippen LogP contribution in [0.15, 0.2) is 73.1 Å². The number of carbonyl (C=O) groups is 1. The third kappa shape index (κ3) is 8.82. The molecule has 1 atom stereocenters. The fourth-order valence-electron chi connectivity index (χ4n) is 6.70. The van der Waals surface area contributed by atoms with Gasteiger partial charge in [0, 0.05) is 52.1 Å². The number of likely N-dealkylation sites (N-methyl/N-ethyl adjacent to an activating group) is 1. The summed E-state index contributed by atoms with van der Waals surface area (Å²) in [7, 11) is 3.25. The fourth-order valence-corrected chi connectivity index (χ4v) is 6.70. The number of fused-ring (bicyclic) bond motifs is 1. The summed E-state index contributed by atoms with van der Waals surface area (Å²) in [6.07, 6.45) is -2.06. The number of alkyl halides is 3. The zero-order valence-electron chi connectivity index (χ0n) is 28.6. The first-order chi connectivity index (χ1) is 24.6. The van der Waals surface area contributed by atoms with Crippen molar-refractivity contribution in [2.45, 2.75) is 44.3 Å². The van der Waals surface area contributed by atoms with Gasteiger partial charge in [0.2, 0.25) is 5.95 Å². The maximum Gasteiger partial charge on any atom is 0.389 e. The van der Waals surface area contributed by atoms with Gasteiger partial charge in [-0.1, -0.05) is 24.3 Å². The SMILES string of the molecule is COc1ccc(-n2cnnn2)cc1C(=O)N(C)CC(CCN1CCCN(c2nc3ccccc3n2CCCC(F)(F)F)CC1)c1ccc(F)cc1. The number of halogens is 4. The lowest BCUT2D eigenvalue weighted by molar-refractivity contribution is -0.135. The Morgan fingerprint density at radius 2 is 1.80 bits per heavy atom. The van der Waals surface area contributed by atoms with E-state index < -0.39 is 12.6 Å². The highest BCUT2D eigenvalue weighted by Crippen LogP contribution is 2.29. The molecule has 270 valence electrons. The number of methoxy groups -OCH3 is 1. The highest BCUT2D eigenvalue weighted by atomic mass is 19.4. The van der Waals surface area contributed by atoms with Crippen molar-refractivity contribution in [2.75, 3.05) is 58.3 Å². The smallest absolute Gasteiger partial charge is 0.389 e. The van der Waals surface area contributed by atoms with Crippen LogP contribution >= 0.6 is 0 Å². The first-order valence-corrected chi connectivity index (χ1v) is 17.0. The predicted octanol–water partition coefficient (Wildman–Crippen LogP) is 5.96. The molecule has 0 saturated carbocycles. The van der Waals surface area contributed by atoms with E-state index in [1.807, 2.05) is 28.8 Å². The molecule has 3 heterocycles. The summed E-state index contributed by atoms with van der Waals surface area (Å²) in [5, 5.41) is 11.3. The van der Waals surface area contributed by atoms with Gasteiger partial charge < -0.3 is 24.0 Å². The minimum absolute atomic E-state index is 0.0178. The third-order valence-corrected chi connectivity index (χ3v) is 9.35. The Bertz CT molecular complexity index is 1900. The number of nitrogens with zero attached hydrogens (tertiary/aromatic N) is 9. The van der Waals surface area contributed by atoms with E-state index >= 15 is 0 Å². The van der Waals surface area contributed by atoms with Crippen LogP contribution in [0.25, 0.3) is 16.7 Å². The molecular formula is C36H41F4N9O2. The zero-order chi connectivity index (χ0) is 36.0. The zero-order valence-corrected chi connectivity index (χ0v) is 28.6. The second-order valence-corrected chi connectivity index (χ2v) is 12.8. The number of para-hydroxylation sites is 2. The van der Waals surface area contributed by atoms with E-state index in [-0.39, 0.29) is 30.6 Å². The quantitative estimate of drug-likeness (QED) is 0.138. The van der Waals surface area contributed by atoms with E-state index in [2.05, 4.69) is 25.3 Å². The van der Waals surface area contributed by atoms with Crippen LogP contribution in [0, 0.1) is 5.82 Å². The fraction of sp³-hybridized carbons (Fsp3) is 0.417. The first kappa shape index (κ1) is 35.8. The second kappa shape index (κ2) is 15.9. The lowest BCUT2D eigenvalue weighted by Gasteiger charge is -2.28. The molecule has 1 unspecified atom stereocenters. The van der Waals surface area contributed by atoms with Crippen LogP contribution in [0.5, 0.6) is 5.75 Å². The molecule has 51 heavy (non-hydrogen) atoms.